The summed E-state index contributed by atoms with van der Waals surface area (Å²) in [5.41, 5.74) is 0. The summed E-state index contributed by atoms with van der Waals surface area (Å²) in [5.74, 6) is 2.92. The Labute approximate surface area is 149 Å². The molecule has 2 fully saturated rings. The molecular weight excluding hydrogens is 318 g/mol. The summed E-state index contributed by atoms with van der Waals surface area (Å²) < 4.78 is 5.43. The molecule has 0 spiro atoms. The first-order valence-electron chi connectivity index (χ1n) is 9.10. The minimum absolute atomic E-state index is 0.0295. The third-order valence-corrected chi connectivity index (χ3v) is 4.87. The number of carbonyl (C=O) groups is 1. The molecule has 7 nitrogen and oxygen atoms in total. The molecule has 1 saturated heterocycles. The minimum Gasteiger partial charge on any atom is -0.369 e. The van der Waals surface area contributed by atoms with Crippen LogP contribution in [0.1, 0.15) is 26.7 Å². The second kappa shape index (κ2) is 7.56. The quantitative estimate of drug-likeness (QED) is 0.802. The molecule has 0 aromatic carbocycles. The monoisotopic (exact) mass is 347 g/mol. The lowest BCUT2D eigenvalue weighted by molar-refractivity contribution is -0.128. The molecule has 3 rings (SSSR count). The van der Waals surface area contributed by atoms with E-state index in [1.807, 2.05) is 32.8 Å². The van der Waals surface area contributed by atoms with Crippen molar-refractivity contribution in [3.05, 3.63) is 12.4 Å². The van der Waals surface area contributed by atoms with Crippen molar-refractivity contribution in [2.24, 2.45) is 11.8 Å². The third kappa shape index (κ3) is 4.39. The highest BCUT2D eigenvalue weighted by Crippen LogP contribution is 2.42. The number of carbonyl (C=O) groups excluding carboxylic acids is 1. The lowest BCUT2D eigenvalue weighted by atomic mass is 9.98. The molecule has 0 unspecified atom stereocenters. The van der Waals surface area contributed by atoms with E-state index < -0.39 is 0 Å². The van der Waals surface area contributed by atoms with Gasteiger partial charge in [0.25, 0.3) is 0 Å². The molecule has 2 aliphatic rings. The van der Waals surface area contributed by atoms with Gasteiger partial charge in [-0.05, 0) is 32.6 Å². The molecule has 1 aromatic heterocycles. The van der Waals surface area contributed by atoms with Crippen molar-refractivity contribution < 1.29 is 9.53 Å². The summed E-state index contributed by atoms with van der Waals surface area (Å²) in [4.78, 5) is 25.5. The van der Waals surface area contributed by atoms with Crippen LogP contribution in [-0.2, 0) is 9.53 Å². The lowest BCUT2D eigenvalue weighted by Crippen LogP contribution is -2.43. The second-order valence-electron chi connectivity index (χ2n) is 7.54. The molecule has 1 aliphatic heterocycles. The number of amides is 1. The molecule has 138 valence electrons. The van der Waals surface area contributed by atoms with Crippen LogP contribution in [0.3, 0.4) is 0 Å². The number of rotatable bonds is 7. The minimum atomic E-state index is -0.0295. The number of hydrogen-bond acceptors (Lipinski definition) is 6. The van der Waals surface area contributed by atoms with Crippen LogP contribution in [0.2, 0.25) is 0 Å². The summed E-state index contributed by atoms with van der Waals surface area (Å²) in [6.45, 7) is 5.69. The Morgan fingerprint density at radius 3 is 2.68 bits per heavy atom. The first-order chi connectivity index (χ1) is 12.0. The first kappa shape index (κ1) is 17.9. The van der Waals surface area contributed by atoms with Crippen LogP contribution >= 0.6 is 0 Å². The van der Waals surface area contributed by atoms with Crippen LogP contribution in [0.5, 0.6) is 0 Å². The molecule has 1 aliphatic carbocycles. The highest BCUT2D eigenvalue weighted by atomic mass is 16.5. The molecule has 1 aromatic rings. The van der Waals surface area contributed by atoms with Gasteiger partial charge in [0.2, 0.25) is 5.91 Å². The fourth-order valence-electron chi connectivity index (χ4n) is 3.51. The van der Waals surface area contributed by atoms with Crippen molar-refractivity contribution in [2.75, 3.05) is 43.6 Å². The summed E-state index contributed by atoms with van der Waals surface area (Å²) in [5, 5.41) is 3.19. The SMILES string of the molecule is CC(C)OCC(=O)N[C@@H]1CN(c2nccnc2N(C)C)C[C@H]1C1CC1. The fourth-order valence-corrected chi connectivity index (χ4v) is 3.51. The number of aromatic nitrogens is 2. The van der Waals surface area contributed by atoms with Gasteiger partial charge in [-0.15, -0.1) is 0 Å². The average Bonchev–Trinajstić information content (AvgIpc) is 3.34. The molecule has 2 heterocycles. The molecule has 1 N–H and O–H groups in total. The van der Waals surface area contributed by atoms with Gasteiger partial charge in [0.15, 0.2) is 11.6 Å². The fraction of sp³-hybridized carbons (Fsp3) is 0.722. The molecular formula is C18H29N5O2. The van der Waals surface area contributed by atoms with Gasteiger partial charge >= 0.3 is 0 Å². The van der Waals surface area contributed by atoms with Crippen molar-refractivity contribution in [2.45, 2.75) is 38.8 Å². The summed E-state index contributed by atoms with van der Waals surface area (Å²) >= 11 is 0. The number of nitrogens with one attached hydrogen (secondary N) is 1. The van der Waals surface area contributed by atoms with E-state index in [0.29, 0.717) is 11.8 Å². The van der Waals surface area contributed by atoms with Crippen molar-refractivity contribution in [1.82, 2.24) is 15.3 Å². The van der Waals surface area contributed by atoms with Crippen LogP contribution in [0.15, 0.2) is 12.4 Å². The predicted molar refractivity (Wildman–Crippen MR) is 97.8 cm³/mol. The van der Waals surface area contributed by atoms with E-state index in [1.165, 1.54) is 12.8 Å². The Hall–Kier alpha value is -1.89. The first-order valence-corrected chi connectivity index (χ1v) is 9.10. The van der Waals surface area contributed by atoms with Crippen molar-refractivity contribution >= 4 is 17.5 Å². The Morgan fingerprint density at radius 2 is 2.04 bits per heavy atom. The molecule has 7 heteroatoms. The van der Waals surface area contributed by atoms with E-state index in [4.69, 9.17) is 4.74 Å². The van der Waals surface area contributed by atoms with Gasteiger partial charge < -0.3 is 19.9 Å². The highest BCUT2D eigenvalue weighted by molar-refractivity contribution is 5.78. The zero-order valence-electron chi connectivity index (χ0n) is 15.6. The zero-order valence-corrected chi connectivity index (χ0v) is 15.6. The Balaban J connectivity index is 1.70. The highest BCUT2D eigenvalue weighted by Gasteiger charge is 2.44. The Kier molecular flexibility index (Phi) is 5.42. The van der Waals surface area contributed by atoms with E-state index >= 15 is 0 Å². The van der Waals surface area contributed by atoms with Gasteiger partial charge in [-0.3, -0.25) is 4.79 Å². The van der Waals surface area contributed by atoms with Gasteiger partial charge in [0, 0.05) is 45.5 Å². The van der Waals surface area contributed by atoms with Crippen LogP contribution < -0.4 is 15.1 Å². The Bertz CT molecular complexity index is 603. The lowest BCUT2D eigenvalue weighted by Gasteiger charge is -2.23. The maximum absolute atomic E-state index is 12.2. The van der Waals surface area contributed by atoms with Crippen LogP contribution in [-0.4, -0.2) is 61.8 Å². The van der Waals surface area contributed by atoms with Gasteiger partial charge in [0.1, 0.15) is 6.61 Å². The topological polar surface area (TPSA) is 70.6 Å². The number of nitrogens with zero attached hydrogens (tertiary/aromatic N) is 4. The number of anilines is 2. The van der Waals surface area contributed by atoms with Crippen molar-refractivity contribution in [3.63, 3.8) is 0 Å². The predicted octanol–water partition coefficient (Wildman–Crippen LogP) is 1.30. The van der Waals surface area contributed by atoms with Gasteiger partial charge in [0.05, 0.1) is 12.1 Å². The number of ether oxygens (including phenoxy) is 1. The third-order valence-electron chi connectivity index (χ3n) is 4.87. The number of hydrogen-bond donors (Lipinski definition) is 1. The molecule has 0 bridgehead atoms. The van der Waals surface area contributed by atoms with Crippen molar-refractivity contribution in [3.8, 4) is 0 Å². The van der Waals surface area contributed by atoms with Gasteiger partial charge in [-0.25, -0.2) is 9.97 Å². The summed E-state index contributed by atoms with van der Waals surface area (Å²) in [6.07, 6.45) is 6.03. The molecule has 1 amide bonds. The van der Waals surface area contributed by atoms with E-state index in [2.05, 4.69) is 20.2 Å². The van der Waals surface area contributed by atoms with Crippen LogP contribution in [0, 0.1) is 11.8 Å². The molecule has 2 atom stereocenters. The molecule has 0 radical (unpaired) electrons. The van der Waals surface area contributed by atoms with Crippen LogP contribution in [0.25, 0.3) is 0 Å². The summed E-state index contributed by atoms with van der Waals surface area (Å²) in [6, 6.07) is 0.146. The van der Waals surface area contributed by atoms with Gasteiger partial charge in [-0.2, -0.15) is 0 Å². The Morgan fingerprint density at radius 1 is 1.32 bits per heavy atom. The zero-order chi connectivity index (χ0) is 18.0. The van der Waals surface area contributed by atoms with E-state index in [1.54, 1.807) is 12.4 Å². The van der Waals surface area contributed by atoms with Crippen molar-refractivity contribution in [1.29, 1.82) is 0 Å². The second-order valence-corrected chi connectivity index (χ2v) is 7.54. The average molecular weight is 347 g/mol. The standard InChI is InChI=1S/C18H29N5O2/c1-12(2)25-11-16(24)21-15-10-23(9-14(15)13-5-6-13)18-17(22(3)4)19-7-8-20-18/h7-8,12-15H,5-6,9-11H2,1-4H3,(H,21,24)/t14-,15+/m0/s1. The smallest absolute Gasteiger partial charge is 0.246 e. The normalized spacial score (nSPS) is 23.2. The van der Waals surface area contributed by atoms with E-state index in [0.717, 1.165) is 24.7 Å². The van der Waals surface area contributed by atoms with Crippen LogP contribution in [0.4, 0.5) is 11.6 Å². The molecule has 1 saturated carbocycles. The molecule has 25 heavy (non-hydrogen) atoms. The van der Waals surface area contributed by atoms with Gasteiger partial charge in [-0.1, -0.05) is 0 Å². The maximum Gasteiger partial charge on any atom is 0.246 e. The largest absolute Gasteiger partial charge is 0.369 e. The summed E-state index contributed by atoms with van der Waals surface area (Å²) in [7, 11) is 3.95. The van der Waals surface area contributed by atoms with E-state index in [-0.39, 0.29) is 24.7 Å². The maximum atomic E-state index is 12.2. The van der Waals surface area contributed by atoms with E-state index in [9.17, 15) is 4.79 Å².